The highest BCUT2D eigenvalue weighted by Gasteiger charge is 2.17. The predicted octanol–water partition coefficient (Wildman–Crippen LogP) is 3.86. The van der Waals surface area contributed by atoms with E-state index >= 15 is 0 Å². The summed E-state index contributed by atoms with van der Waals surface area (Å²) < 4.78 is 34.6. The molecule has 0 saturated carbocycles. The normalized spacial score (nSPS) is 11.0. The van der Waals surface area contributed by atoms with Gasteiger partial charge in [0.15, 0.2) is 12.4 Å². The molecule has 0 bridgehead atoms. The SMILES string of the molecule is Cc1ccc(S(=O)(=O)Oc2ccc(C(=O)COC(=O)c3cccs3)cc2)cc1. The second-order valence-electron chi connectivity index (χ2n) is 5.85. The molecule has 144 valence electrons. The number of hydrogen-bond acceptors (Lipinski definition) is 7. The number of esters is 1. The van der Waals surface area contributed by atoms with Gasteiger partial charge in [0.2, 0.25) is 0 Å². The van der Waals surface area contributed by atoms with Gasteiger partial charge in [0.1, 0.15) is 15.5 Å². The van der Waals surface area contributed by atoms with Crippen molar-refractivity contribution in [3.8, 4) is 5.75 Å². The van der Waals surface area contributed by atoms with Crippen molar-refractivity contribution in [2.75, 3.05) is 6.61 Å². The van der Waals surface area contributed by atoms with Gasteiger partial charge in [0.05, 0.1) is 0 Å². The van der Waals surface area contributed by atoms with Crippen molar-refractivity contribution in [3.63, 3.8) is 0 Å². The molecule has 8 heteroatoms. The van der Waals surface area contributed by atoms with Crippen LogP contribution in [0.3, 0.4) is 0 Å². The van der Waals surface area contributed by atoms with E-state index in [9.17, 15) is 18.0 Å². The predicted molar refractivity (Wildman–Crippen MR) is 104 cm³/mol. The highest BCUT2D eigenvalue weighted by molar-refractivity contribution is 7.87. The zero-order valence-corrected chi connectivity index (χ0v) is 16.5. The van der Waals surface area contributed by atoms with Crippen molar-refractivity contribution in [2.24, 2.45) is 0 Å². The van der Waals surface area contributed by atoms with E-state index in [1.165, 1.54) is 47.7 Å². The first-order valence-electron chi connectivity index (χ1n) is 8.20. The lowest BCUT2D eigenvalue weighted by Gasteiger charge is -2.08. The van der Waals surface area contributed by atoms with Crippen LogP contribution in [0.5, 0.6) is 5.75 Å². The molecule has 3 rings (SSSR count). The first-order chi connectivity index (χ1) is 13.3. The maximum Gasteiger partial charge on any atom is 0.348 e. The summed E-state index contributed by atoms with van der Waals surface area (Å²) in [6.45, 7) is 1.45. The average Bonchev–Trinajstić information content (AvgIpc) is 3.21. The standard InChI is InChI=1S/C20H16O6S2/c1-14-4-10-17(11-5-14)28(23,24)26-16-8-6-15(7-9-16)18(21)13-25-20(22)19-3-2-12-27-19/h2-12H,13H2,1H3. The molecule has 3 aromatic rings. The van der Waals surface area contributed by atoms with Crippen molar-refractivity contribution >= 4 is 33.2 Å². The van der Waals surface area contributed by atoms with Gasteiger partial charge >= 0.3 is 16.1 Å². The summed E-state index contributed by atoms with van der Waals surface area (Å²) in [6, 6.07) is 15.2. The molecule has 0 spiro atoms. The number of ketones is 1. The van der Waals surface area contributed by atoms with Crippen LogP contribution in [0.4, 0.5) is 0 Å². The monoisotopic (exact) mass is 416 g/mol. The summed E-state index contributed by atoms with van der Waals surface area (Å²) in [7, 11) is -3.96. The van der Waals surface area contributed by atoms with Crippen LogP contribution in [-0.2, 0) is 14.9 Å². The van der Waals surface area contributed by atoms with Gasteiger partial charge in [-0.1, -0.05) is 23.8 Å². The number of rotatable bonds is 7. The Morgan fingerprint density at radius 1 is 0.964 bits per heavy atom. The van der Waals surface area contributed by atoms with E-state index in [1.807, 2.05) is 6.92 Å². The molecule has 28 heavy (non-hydrogen) atoms. The van der Waals surface area contributed by atoms with Crippen LogP contribution < -0.4 is 4.18 Å². The Hall–Kier alpha value is -2.97. The highest BCUT2D eigenvalue weighted by atomic mass is 32.2. The number of carbonyl (C=O) groups excluding carboxylic acids is 2. The molecule has 6 nitrogen and oxygen atoms in total. The fraction of sp³-hybridized carbons (Fsp3) is 0.100. The van der Waals surface area contributed by atoms with Crippen LogP contribution in [0, 0.1) is 6.92 Å². The van der Waals surface area contributed by atoms with E-state index < -0.39 is 28.5 Å². The minimum Gasteiger partial charge on any atom is -0.453 e. The van der Waals surface area contributed by atoms with Crippen molar-refractivity contribution in [2.45, 2.75) is 11.8 Å². The Balaban J connectivity index is 1.62. The molecular weight excluding hydrogens is 400 g/mol. The van der Waals surface area contributed by atoms with Crippen molar-refractivity contribution < 1.29 is 26.9 Å². The Morgan fingerprint density at radius 2 is 1.64 bits per heavy atom. The second-order valence-corrected chi connectivity index (χ2v) is 8.35. The molecule has 2 aromatic carbocycles. The van der Waals surface area contributed by atoms with Crippen LogP contribution in [0.2, 0.25) is 0 Å². The largest absolute Gasteiger partial charge is 0.453 e. The Bertz CT molecular complexity index is 1070. The molecule has 0 radical (unpaired) electrons. The minimum absolute atomic E-state index is 0.0405. The van der Waals surface area contributed by atoms with Gasteiger partial charge in [-0.3, -0.25) is 4.79 Å². The number of aryl methyl sites for hydroxylation is 1. The zero-order chi connectivity index (χ0) is 20.1. The van der Waals surface area contributed by atoms with Gasteiger partial charge in [-0.15, -0.1) is 11.3 Å². The molecule has 1 aromatic heterocycles. The minimum atomic E-state index is -3.96. The van der Waals surface area contributed by atoms with E-state index in [4.69, 9.17) is 8.92 Å². The number of benzene rings is 2. The molecule has 0 fully saturated rings. The van der Waals surface area contributed by atoms with Crippen LogP contribution >= 0.6 is 11.3 Å². The maximum atomic E-state index is 12.3. The van der Waals surface area contributed by atoms with Gasteiger partial charge in [-0.2, -0.15) is 8.42 Å². The molecule has 0 amide bonds. The number of hydrogen-bond donors (Lipinski definition) is 0. The first-order valence-corrected chi connectivity index (χ1v) is 10.5. The van der Waals surface area contributed by atoms with Crippen LogP contribution in [0.1, 0.15) is 25.6 Å². The van der Waals surface area contributed by atoms with E-state index in [0.29, 0.717) is 4.88 Å². The molecule has 0 aliphatic carbocycles. The fourth-order valence-electron chi connectivity index (χ4n) is 2.26. The van der Waals surface area contributed by atoms with Gasteiger partial charge in [-0.05, 0) is 54.8 Å². The van der Waals surface area contributed by atoms with Crippen molar-refractivity contribution in [3.05, 3.63) is 82.0 Å². The van der Waals surface area contributed by atoms with E-state index in [2.05, 4.69) is 0 Å². The third-order valence-corrected chi connectivity index (χ3v) is 5.86. The summed E-state index contributed by atoms with van der Waals surface area (Å²) in [5.74, 6) is -0.891. The van der Waals surface area contributed by atoms with Gasteiger partial charge < -0.3 is 8.92 Å². The molecule has 0 saturated heterocycles. The summed E-state index contributed by atoms with van der Waals surface area (Å²) in [6.07, 6.45) is 0. The lowest BCUT2D eigenvalue weighted by atomic mass is 10.1. The van der Waals surface area contributed by atoms with Crippen molar-refractivity contribution in [1.82, 2.24) is 0 Å². The lowest BCUT2D eigenvalue weighted by Crippen LogP contribution is -2.14. The molecule has 0 aliphatic heterocycles. The number of carbonyl (C=O) groups is 2. The highest BCUT2D eigenvalue weighted by Crippen LogP contribution is 2.20. The molecule has 0 atom stereocenters. The maximum absolute atomic E-state index is 12.3. The number of Topliss-reactive ketones (excluding diaryl/α,β-unsaturated/α-hetero) is 1. The van der Waals surface area contributed by atoms with Crippen molar-refractivity contribution in [1.29, 1.82) is 0 Å². The fourth-order valence-corrected chi connectivity index (χ4v) is 3.80. The summed E-state index contributed by atoms with van der Waals surface area (Å²) in [5.41, 5.74) is 1.21. The average molecular weight is 416 g/mol. The van der Waals surface area contributed by atoms with Crippen LogP contribution in [0.25, 0.3) is 0 Å². The van der Waals surface area contributed by atoms with E-state index in [0.717, 1.165) is 5.56 Å². The van der Waals surface area contributed by atoms with Crippen LogP contribution in [0.15, 0.2) is 70.9 Å². The summed E-state index contributed by atoms with van der Waals surface area (Å²) >= 11 is 1.23. The van der Waals surface area contributed by atoms with E-state index in [1.54, 1.807) is 29.6 Å². The first kappa shape index (κ1) is 19.8. The molecule has 1 heterocycles. The quantitative estimate of drug-likeness (QED) is 0.330. The molecule has 0 aliphatic rings. The number of thiophene rings is 1. The molecule has 0 unspecified atom stereocenters. The lowest BCUT2D eigenvalue weighted by molar-refractivity contribution is 0.0479. The van der Waals surface area contributed by atoms with Gasteiger partial charge in [-0.25, -0.2) is 4.79 Å². The molecular formula is C20H16O6S2. The zero-order valence-electron chi connectivity index (χ0n) is 14.8. The number of ether oxygens (including phenoxy) is 1. The van der Waals surface area contributed by atoms with E-state index in [-0.39, 0.29) is 16.2 Å². The topological polar surface area (TPSA) is 86.7 Å². The summed E-state index contributed by atoms with van der Waals surface area (Å²) in [4.78, 5) is 24.3. The van der Waals surface area contributed by atoms with Gasteiger partial charge in [0.25, 0.3) is 0 Å². The smallest absolute Gasteiger partial charge is 0.348 e. The van der Waals surface area contributed by atoms with Gasteiger partial charge in [0, 0.05) is 5.56 Å². The second kappa shape index (κ2) is 8.37. The third-order valence-electron chi connectivity index (χ3n) is 3.75. The molecule has 0 N–H and O–H groups in total. The Kier molecular flexibility index (Phi) is 5.91. The Labute approximate surface area is 166 Å². The third kappa shape index (κ3) is 4.85. The Morgan fingerprint density at radius 3 is 2.25 bits per heavy atom. The summed E-state index contributed by atoms with van der Waals surface area (Å²) in [5, 5.41) is 1.74. The van der Waals surface area contributed by atoms with Crippen LogP contribution in [-0.4, -0.2) is 26.8 Å².